The van der Waals surface area contributed by atoms with Gasteiger partial charge in [-0.15, -0.1) is 0 Å². The first-order valence-electron chi connectivity index (χ1n) is 5.77. The summed E-state index contributed by atoms with van der Waals surface area (Å²) in [7, 11) is 0. The van der Waals surface area contributed by atoms with Crippen molar-refractivity contribution in [3.05, 3.63) is 65.7 Å². The Balaban J connectivity index is 0.000000235. The second kappa shape index (κ2) is 7.30. The molecular formula is C14H13F3N2O2. The van der Waals surface area contributed by atoms with Gasteiger partial charge in [0.15, 0.2) is 0 Å². The number of nitrogens with two attached hydrogens (primary N) is 1. The second-order valence-electron chi connectivity index (χ2n) is 3.89. The summed E-state index contributed by atoms with van der Waals surface area (Å²) in [6.07, 6.45) is -4.49. The number of nitrogen functional groups attached to an aromatic ring is 1. The molecule has 112 valence electrons. The second-order valence-corrected chi connectivity index (χ2v) is 3.89. The number of hydrogen-bond donors (Lipinski definition) is 3. The van der Waals surface area contributed by atoms with Crippen LogP contribution in [-0.2, 0) is 6.18 Å². The van der Waals surface area contributed by atoms with E-state index in [1.807, 2.05) is 30.3 Å². The Kier molecular flexibility index (Phi) is 5.74. The maximum atomic E-state index is 12.0. The van der Waals surface area contributed by atoms with Crippen LogP contribution in [0.2, 0.25) is 0 Å². The summed E-state index contributed by atoms with van der Waals surface area (Å²) in [4.78, 5) is 10.3. The van der Waals surface area contributed by atoms with Crippen molar-refractivity contribution in [2.24, 2.45) is 5.84 Å². The minimum atomic E-state index is -4.49. The molecule has 0 aliphatic heterocycles. The van der Waals surface area contributed by atoms with Gasteiger partial charge in [-0.2, -0.15) is 13.2 Å². The number of carboxylic acids is 1. The Morgan fingerprint density at radius 3 is 2.10 bits per heavy atom. The van der Waals surface area contributed by atoms with Crippen molar-refractivity contribution in [3.8, 4) is 0 Å². The van der Waals surface area contributed by atoms with Crippen LogP contribution in [-0.4, -0.2) is 11.1 Å². The summed E-state index contributed by atoms with van der Waals surface area (Å²) in [5.41, 5.74) is 2.15. The van der Waals surface area contributed by atoms with Crippen LogP contribution >= 0.6 is 0 Å². The maximum Gasteiger partial charge on any atom is 0.416 e. The number of carboxylic acid groups (broad SMARTS) is 1. The SMILES string of the molecule is NNc1ccccc1.O=C(O)c1cccc(C(F)(F)F)c1. The number of benzene rings is 2. The predicted molar refractivity (Wildman–Crippen MR) is 72.7 cm³/mol. The zero-order valence-electron chi connectivity index (χ0n) is 10.8. The molecule has 0 aliphatic rings. The molecule has 0 aliphatic carbocycles. The van der Waals surface area contributed by atoms with Crippen molar-refractivity contribution < 1.29 is 23.1 Å². The van der Waals surface area contributed by atoms with Crippen molar-refractivity contribution in [2.45, 2.75) is 6.18 Å². The molecule has 0 spiro atoms. The first-order valence-corrected chi connectivity index (χ1v) is 5.77. The monoisotopic (exact) mass is 298 g/mol. The molecule has 0 bridgehead atoms. The van der Waals surface area contributed by atoms with Crippen LogP contribution in [0.15, 0.2) is 54.6 Å². The number of hydrazine groups is 1. The van der Waals surface area contributed by atoms with Crippen molar-refractivity contribution in [1.29, 1.82) is 0 Å². The Morgan fingerprint density at radius 2 is 1.67 bits per heavy atom. The smallest absolute Gasteiger partial charge is 0.416 e. The Labute approximate surface area is 119 Å². The number of aromatic carboxylic acids is 1. The lowest BCUT2D eigenvalue weighted by Gasteiger charge is -2.06. The Bertz CT molecular complexity index is 586. The van der Waals surface area contributed by atoms with E-state index in [2.05, 4.69) is 5.43 Å². The zero-order valence-corrected chi connectivity index (χ0v) is 10.8. The van der Waals surface area contributed by atoms with Crippen LogP contribution in [0.1, 0.15) is 15.9 Å². The Hall–Kier alpha value is -2.54. The van der Waals surface area contributed by atoms with E-state index in [4.69, 9.17) is 10.9 Å². The fourth-order valence-electron chi connectivity index (χ4n) is 1.36. The number of nitrogens with one attached hydrogen (secondary N) is 1. The standard InChI is InChI=1S/C8H5F3O2.C6H8N2/c9-8(10,11)6-3-1-2-5(4-6)7(12)13;7-8-6-4-2-1-3-5-6/h1-4H,(H,12,13);1-5,8H,7H2. The van der Waals surface area contributed by atoms with Gasteiger partial charge in [0.2, 0.25) is 0 Å². The molecule has 0 aromatic heterocycles. The third-order valence-electron chi connectivity index (χ3n) is 2.38. The highest BCUT2D eigenvalue weighted by Gasteiger charge is 2.30. The van der Waals surface area contributed by atoms with Gasteiger partial charge in [0.1, 0.15) is 0 Å². The molecule has 0 heterocycles. The first-order chi connectivity index (χ1) is 9.84. The molecule has 4 nitrogen and oxygen atoms in total. The van der Waals surface area contributed by atoms with E-state index in [9.17, 15) is 18.0 Å². The lowest BCUT2D eigenvalue weighted by molar-refractivity contribution is -0.137. The number of hydrogen-bond acceptors (Lipinski definition) is 3. The molecule has 7 heteroatoms. The van der Waals surface area contributed by atoms with Crippen molar-refractivity contribution in [1.82, 2.24) is 0 Å². The van der Waals surface area contributed by atoms with Crippen LogP contribution in [0.5, 0.6) is 0 Å². The molecule has 2 aromatic carbocycles. The fourth-order valence-corrected chi connectivity index (χ4v) is 1.36. The third kappa shape index (κ3) is 5.53. The average Bonchev–Trinajstić information content (AvgIpc) is 2.48. The number of rotatable bonds is 2. The van der Waals surface area contributed by atoms with E-state index in [0.717, 1.165) is 23.9 Å². The van der Waals surface area contributed by atoms with E-state index in [1.165, 1.54) is 0 Å². The van der Waals surface area contributed by atoms with Gasteiger partial charge in [0.05, 0.1) is 11.1 Å². The third-order valence-corrected chi connectivity index (χ3v) is 2.38. The predicted octanol–water partition coefficient (Wildman–Crippen LogP) is 3.38. The topological polar surface area (TPSA) is 75.3 Å². The van der Waals surface area contributed by atoms with E-state index in [-0.39, 0.29) is 5.56 Å². The molecule has 0 amide bonds. The molecule has 0 atom stereocenters. The normalized spacial score (nSPS) is 10.3. The van der Waals surface area contributed by atoms with Gasteiger partial charge in [0.25, 0.3) is 0 Å². The van der Waals surface area contributed by atoms with E-state index < -0.39 is 17.7 Å². The van der Waals surface area contributed by atoms with Crippen LogP contribution in [0.25, 0.3) is 0 Å². The number of alkyl halides is 3. The van der Waals surface area contributed by atoms with E-state index in [0.29, 0.717) is 6.07 Å². The fraction of sp³-hybridized carbons (Fsp3) is 0.0714. The molecule has 2 aromatic rings. The summed E-state index contributed by atoms with van der Waals surface area (Å²) in [6, 6.07) is 13.2. The van der Waals surface area contributed by atoms with Gasteiger partial charge in [-0.3, -0.25) is 5.84 Å². The highest BCUT2D eigenvalue weighted by Crippen LogP contribution is 2.29. The maximum absolute atomic E-state index is 12.0. The first kappa shape index (κ1) is 16.5. The van der Waals surface area contributed by atoms with Crippen LogP contribution < -0.4 is 11.3 Å². The summed E-state index contributed by atoms with van der Waals surface area (Å²) >= 11 is 0. The van der Waals surface area contributed by atoms with Gasteiger partial charge in [-0.05, 0) is 30.3 Å². The number of para-hydroxylation sites is 1. The largest absolute Gasteiger partial charge is 0.478 e. The van der Waals surface area contributed by atoms with Gasteiger partial charge in [0, 0.05) is 5.69 Å². The van der Waals surface area contributed by atoms with Crippen molar-refractivity contribution in [3.63, 3.8) is 0 Å². The zero-order chi connectivity index (χ0) is 15.9. The van der Waals surface area contributed by atoms with Crippen molar-refractivity contribution >= 4 is 11.7 Å². The molecule has 0 unspecified atom stereocenters. The molecule has 2 rings (SSSR count). The molecule has 0 fully saturated rings. The molecule has 21 heavy (non-hydrogen) atoms. The highest BCUT2D eigenvalue weighted by molar-refractivity contribution is 5.87. The summed E-state index contributed by atoms with van der Waals surface area (Å²) in [5.74, 6) is 3.73. The molecule has 4 N–H and O–H groups in total. The average molecular weight is 298 g/mol. The molecular weight excluding hydrogens is 285 g/mol. The van der Waals surface area contributed by atoms with Gasteiger partial charge >= 0.3 is 12.1 Å². The van der Waals surface area contributed by atoms with Gasteiger partial charge < -0.3 is 10.5 Å². The number of carbonyl (C=O) groups is 1. The quantitative estimate of drug-likeness (QED) is 0.587. The van der Waals surface area contributed by atoms with Gasteiger partial charge in [-0.1, -0.05) is 24.3 Å². The lowest BCUT2D eigenvalue weighted by atomic mass is 10.1. The lowest BCUT2D eigenvalue weighted by Crippen LogP contribution is -2.06. The van der Waals surface area contributed by atoms with Crippen LogP contribution in [0, 0.1) is 0 Å². The van der Waals surface area contributed by atoms with Crippen molar-refractivity contribution in [2.75, 3.05) is 5.43 Å². The minimum absolute atomic E-state index is 0.366. The van der Waals surface area contributed by atoms with E-state index in [1.54, 1.807) is 0 Å². The highest BCUT2D eigenvalue weighted by atomic mass is 19.4. The summed E-state index contributed by atoms with van der Waals surface area (Å²) in [5, 5.41) is 8.41. The van der Waals surface area contributed by atoms with Crippen LogP contribution in [0.3, 0.4) is 0 Å². The van der Waals surface area contributed by atoms with E-state index >= 15 is 0 Å². The van der Waals surface area contributed by atoms with Crippen LogP contribution in [0.4, 0.5) is 18.9 Å². The minimum Gasteiger partial charge on any atom is -0.478 e. The summed E-state index contributed by atoms with van der Waals surface area (Å²) < 4.78 is 36.1. The summed E-state index contributed by atoms with van der Waals surface area (Å²) in [6.45, 7) is 0. The number of halogens is 3. The Morgan fingerprint density at radius 1 is 1.05 bits per heavy atom. The molecule has 0 saturated carbocycles. The molecule has 0 radical (unpaired) electrons. The number of anilines is 1. The van der Waals surface area contributed by atoms with Gasteiger partial charge in [-0.25, -0.2) is 4.79 Å². The molecule has 0 saturated heterocycles.